The third kappa shape index (κ3) is 4.15. The number of carbonyl (C=O) groups excluding carboxylic acids is 2. The molecular formula is C19H13Cl3N2O3S. The zero-order valence-electron chi connectivity index (χ0n) is 14.5. The minimum atomic E-state index is -0.601. The van der Waals surface area contributed by atoms with Crippen LogP contribution in [0.5, 0.6) is 5.75 Å². The van der Waals surface area contributed by atoms with Crippen molar-refractivity contribution in [1.29, 1.82) is 0 Å². The second kappa shape index (κ2) is 8.49. The van der Waals surface area contributed by atoms with Crippen LogP contribution in [-0.4, -0.2) is 23.5 Å². The van der Waals surface area contributed by atoms with Crippen LogP contribution in [0.3, 0.4) is 0 Å². The summed E-state index contributed by atoms with van der Waals surface area (Å²) in [5, 5.41) is 3.43. The number of ether oxygens (including phenoxy) is 1. The van der Waals surface area contributed by atoms with Gasteiger partial charge in [0.1, 0.15) is 11.3 Å². The van der Waals surface area contributed by atoms with Gasteiger partial charge in [-0.2, -0.15) is 0 Å². The maximum atomic E-state index is 13.0. The predicted molar refractivity (Wildman–Crippen MR) is 115 cm³/mol. The highest BCUT2D eigenvalue weighted by Gasteiger charge is 2.34. The quantitative estimate of drug-likeness (QED) is 0.406. The summed E-state index contributed by atoms with van der Waals surface area (Å²) < 4.78 is 5.39. The molecule has 1 fully saturated rings. The molecule has 0 aromatic heterocycles. The number of amides is 2. The molecule has 0 aliphatic carbocycles. The highest BCUT2D eigenvalue weighted by molar-refractivity contribution is 7.80. The van der Waals surface area contributed by atoms with Crippen molar-refractivity contribution in [1.82, 2.24) is 5.32 Å². The monoisotopic (exact) mass is 454 g/mol. The normalized spacial score (nSPS) is 15.8. The van der Waals surface area contributed by atoms with Gasteiger partial charge in [-0.3, -0.25) is 19.8 Å². The van der Waals surface area contributed by atoms with Gasteiger partial charge in [-0.05, 0) is 61.1 Å². The lowest BCUT2D eigenvalue weighted by molar-refractivity contribution is -0.122. The highest BCUT2D eigenvalue weighted by Crippen LogP contribution is 2.30. The second-order valence-corrected chi connectivity index (χ2v) is 7.29. The van der Waals surface area contributed by atoms with Crippen molar-refractivity contribution in [2.75, 3.05) is 11.5 Å². The summed E-state index contributed by atoms with van der Waals surface area (Å²) in [6.07, 6.45) is 1.44. The maximum absolute atomic E-state index is 13.0. The molecule has 1 saturated heterocycles. The van der Waals surface area contributed by atoms with Crippen molar-refractivity contribution >= 4 is 75.7 Å². The van der Waals surface area contributed by atoms with Crippen LogP contribution in [0.15, 0.2) is 42.0 Å². The molecule has 0 spiro atoms. The fraction of sp³-hybridized carbons (Fsp3) is 0.105. The Morgan fingerprint density at radius 3 is 2.46 bits per heavy atom. The molecule has 0 saturated carbocycles. The van der Waals surface area contributed by atoms with E-state index in [1.54, 1.807) is 30.3 Å². The van der Waals surface area contributed by atoms with Crippen LogP contribution in [-0.2, 0) is 9.59 Å². The molecule has 0 radical (unpaired) electrons. The van der Waals surface area contributed by atoms with Gasteiger partial charge in [0.15, 0.2) is 5.11 Å². The Labute approximate surface area is 181 Å². The largest absolute Gasteiger partial charge is 0.492 e. The van der Waals surface area contributed by atoms with Crippen molar-refractivity contribution in [2.45, 2.75) is 6.92 Å². The Kier molecular flexibility index (Phi) is 6.25. The molecule has 2 amide bonds. The first-order valence-electron chi connectivity index (χ1n) is 8.10. The molecule has 9 heteroatoms. The van der Waals surface area contributed by atoms with E-state index in [9.17, 15) is 9.59 Å². The molecule has 1 heterocycles. The molecule has 2 aromatic carbocycles. The van der Waals surface area contributed by atoms with Gasteiger partial charge in [-0.1, -0.05) is 40.9 Å². The van der Waals surface area contributed by atoms with E-state index in [2.05, 4.69) is 5.32 Å². The molecule has 2 aromatic rings. The number of rotatable bonds is 4. The predicted octanol–water partition coefficient (Wildman–Crippen LogP) is 4.88. The maximum Gasteiger partial charge on any atom is 0.270 e. The molecule has 0 atom stereocenters. The molecule has 28 heavy (non-hydrogen) atoms. The van der Waals surface area contributed by atoms with Crippen LogP contribution < -0.4 is 15.0 Å². The van der Waals surface area contributed by atoms with E-state index in [4.69, 9.17) is 51.8 Å². The van der Waals surface area contributed by atoms with E-state index in [0.29, 0.717) is 33.7 Å². The zero-order chi connectivity index (χ0) is 20.4. The van der Waals surface area contributed by atoms with Crippen LogP contribution in [0.4, 0.5) is 5.69 Å². The number of hydrogen-bond donors (Lipinski definition) is 1. The number of carbonyl (C=O) groups is 2. The average Bonchev–Trinajstić information content (AvgIpc) is 2.63. The topological polar surface area (TPSA) is 58.6 Å². The molecule has 144 valence electrons. The molecule has 1 aliphatic rings. The lowest BCUT2D eigenvalue weighted by atomic mass is 10.1. The summed E-state index contributed by atoms with van der Waals surface area (Å²) in [5.74, 6) is -0.669. The minimum Gasteiger partial charge on any atom is -0.492 e. The zero-order valence-corrected chi connectivity index (χ0v) is 17.5. The van der Waals surface area contributed by atoms with Gasteiger partial charge in [-0.15, -0.1) is 0 Å². The molecule has 3 rings (SSSR count). The minimum absolute atomic E-state index is 0.0461. The molecule has 0 bridgehead atoms. The number of nitrogens with zero attached hydrogens (tertiary/aromatic N) is 1. The van der Waals surface area contributed by atoms with E-state index in [0.717, 1.165) is 0 Å². The fourth-order valence-electron chi connectivity index (χ4n) is 2.56. The van der Waals surface area contributed by atoms with E-state index >= 15 is 0 Å². The summed E-state index contributed by atoms with van der Waals surface area (Å²) in [5.41, 5.74) is 0.855. The van der Waals surface area contributed by atoms with Crippen LogP contribution in [0.25, 0.3) is 6.08 Å². The summed E-state index contributed by atoms with van der Waals surface area (Å²) >= 11 is 23.3. The second-order valence-electron chi connectivity index (χ2n) is 5.68. The molecule has 0 unspecified atom stereocenters. The van der Waals surface area contributed by atoms with E-state index in [1.807, 2.05) is 6.92 Å². The number of halogens is 3. The van der Waals surface area contributed by atoms with Crippen molar-refractivity contribution < 1.29 is 14.3 Å². The van der Waals surface area contributed by atoms with Crippen molar-refractivity contribution in [3.63, 3.8) is 0 Å². The van der Waals surface area contributed by atoms with Gasteiger partial charge in [0, 0.05) is 0 Å². The standard InChI is InChI=1S/C19H13Cl3N2O3S/c1-2-27-16-6-3-10(8-15(16)22)7-12-17(25)23-19(28)24(18(12)26)11-4-5-13(20)14(21)9-11/h3-9H,2H2,1H3,(H,23,25,28)/b12-7+. The molecule has 5 nitrogen and oxygen atoms in total. The number of benzene rings is 2. The number of thiocarbonyl (C=S) groups is 1. The molecule has 1 aliphatic heterocycles. The van der Waals surface area contributed by atoms with E-state index in [1.165, 1.54) is 17.0 Å². The van der Waals surface area contributed by atoms with Gasteiger partial charge >= 0.3 is 0 Å². The smallest absolute Gasteiger partial charge is 0.270 e. The van der Waals surface area contributed by atoms with Crippen LogP contribution in [0.1, 0.15) is 12.5 Å². The number of anilines is 1. The molecule has 1 N–H and O–H groups in total. The van der Waals surface area contributed by atoms with Crippen LogP contribution >= 0.6 is 47.0 Å². The third-order valence-corrected chi connectivity index (χ3v) is 5.15. The Balaban J connectivity index is 1.98. The lowest BCUT2D eigenvalue weighted by Crippen LogP contribution is -2.54. The van der Waals surface area contributed by atoms with Gasteiger partial charge in [0.2, 0.25) is 0 Å². The summed E-state index contributed by atoms with van der Waals surface area (Å²) in [7, 11) is 0. The SMILES string of the molecule is CCOc1ccc(/C=C2\C(=O)NC(=S)N(c3ccc(Cl)c(Cl)c3)C2=O)cc1Cl. The first kappa shape index (κ1) is 20.6. The van der Waals surface area contributed by atoms with E-state index in [-0.39, 0.29) is 15.7 Å². The number of hydrogen-bond acceptors (Lipinski definition) is 4. The third-order valence-electron chi connectivity index (χ3n) is 3.83. The lowest BCUT2D eigenvalue weighted by Gasteiger charge is -2.29. The van der Waals surface area contributed by atoms with Gasteiger partial charge in [0.05, 0.1) is 27.4 Å². The Bertz CT molecular complexity index is 1020. The fourth-order valence-corrected chi connectivity index (χ4v) is 3.38. The molecular weight excluding hydrogens is 443 g/mol. The summed E-state index contributed by atoms with van der Waals surface area (Å²) in [6.45, 7) is 2.31. The summed E-state index contributed by atoms with van der Waals surface area (Å²) in [4.78, 5) is 26.5. The number of nitrogens with one attached hydrogen (secondary N) is 1. The van der Waals surface area contributed by atoms with Crippen molar-refractivity contribution in [2.24, 2.45) is 0 Å². The van der Waals surface area contributed by atoms with Crippen molar-refractivity contribution in [3.05, 3.63) is 62.6 Å². The van der Waals surface area contributed by atoms with Crippen molar-refractivity contribution in [3.8, 4) is 5.75 Å². The highest BCUT2D eigenvalue weighted by atomic mass is 35.5. The summed E-state index contributed by atoms with van der Waals surface area (Å²) in [6, 6.07) is 9.60. The Morgan fingerprint density at radius 2 is 1.82 bits per heavy atom. The first-order chi connectivity index (χ1) is 13.3. The van der Waals surface area contributed by atoms with Crippen LogP contribution in [0.2, 0.25) is 15.1 Å². The first-order valence-corrected chi connectivity index (χ1v) is 9.65. The Hall–Kier alpha value is -2.12. The van der Waals surface area contributed by atoms with Gasteiger partial charge < -0.3 is 4.74 Å². The average molecular weight is 456 g/mol. The van der Waals surface area contributed by atoms with Gasteiger partial charge in [0.25, 0.3) is 11.8 Å². The Morgan fingerprint density at radius 1 is 1.07 bits per heavy atom. The van der Waals surface area contributed by atoms with Crippen LogP contribution in [0, 0.1) is 0 Å². The van der Waals surface area contributed by atoms with E-state index < -0.39 is 11.8 Å². The van der Waals surface area contributed by atoms with Gasteiger partial charge in [-0.25, -0.2) is 0 Å².